The second kappa shape index (κ2) is 5.14. The molecule has 0 bridgehead atoms. The maximum atomic E-state index is 11.8. The number of non-ortho nitro benzene ring substituents is 1. The van der Waals surface area contributed by atoms with E-state index in [4.69, 9.17) is 0 Å². The van der Waals surface area contributed by atoms with Gasteiger partial charge in [-0.05, 0) is 6.07 Å². The number of benzene rings is 1. The van der Waals surface area contributed by atoms with Gasteiger partial charge in [-0.2, -0.15) is 0 Å². The van der Waals surface area contributed by atoms with Crippen LogP contribution in [0.2, 0.25) is 0 Å². The maximum Gasteiger partial charge on any atom is 0.271 e. The van der Waals surface area contributed by atoms with Crippen LogP contribution in [0.4, 0.5) is 11.4 Å². The quantitative estimate of drug-likeness (QED) is 0.638. The van der Waals surface area contributed by atoms with E-state index in [9.17, 15) is 18.5 Å². The van der Waals surface area contributed by atoms with Gasteiger partial charge in [0.15, 0.2) is 9.84 Å². The molecule has 0 atom stereocenters. The van der Waals surface area contributed by atoms with E-state index in [0.29, 0.717) is 18.8 Å². The first-order chi connectivity index (χ1) is 8.89. The van der Waals surface area contributed by atoms with Crippen molar-refractivity contribution in [3.63, 3.8) is 0 Å². The summed E-state index contributed by atoms with van der Waals surface area (Å²) in [6.45, 7) is 2.71. The van der Waals surface area contributed by atoms with Gasteiger partial charge in [-0.1, -0.05) is 0 Å². The van der Waals surface area contributed by atoms with E-state index in [1.807, 2.05) is 4.90 Å². The van der Waals surface area contributed by atoms with Gasteiger partial charge in [0.1, 0.15) is 0 Å². The van der Waals surface area contributed by atoms with Gasteiger partial charge in [0.25, 0.3) is 5.69 Å². The fourth-order valence-electron chi connectivity index (χ4n) is 2.09. The van der Waals surface area contributed by atoms with Gasteiger partial charge in [-0.15, -0.1) is 0 Å². The molecular weight excluding hydrogens is 270 g/mol. The summed E-state index contributed by atoms with van der Waals surface area (Å²) < 4.78 is 23.5. The molecule has 1 N–H and O–H groups in total. The van der Waals surface area contributed by atoms with E-state index in [1.54, 1.807) is 0 Å². The van der Waals surface area contributed by atoms with E-state index < -0.39 is 14.8 Å². The lowest BCUT2D eigenvalue weighted by Crippen LogP contribution is -2.44. The molecule has 1 aliphatic rings. The molecule has 1 aromatic rings. The van der Waals surface area contributed by atoms with Crippen molar-refractivity contribution in [2.45, 2.75) is 4.90 Å². The number of sulfone groups is 1. The fraction of sp³-hybridized carbons (Fsp3) is 0.455. The van der Waals surface area contributed by atoms with Crippen LogP contribution in [0.3, 0.4) is 0 Å². The van der Waals surface area contributed by atoms with E-state index in [1.165, 1.54) is 18.2 Å². The third kappa shape index (κ3) is 3.02. The van der Waals surface area contributed by atoms with Gasteiger partial charge >= 0.3 is 0 Å². The molecule has 2 rings (SSSR count). The molecule has 0 saturated carbocycles. The van der Waals surface area contributed by atoms with Gasteiger partial charge in [-0.25, -0.2) is 8.42 Å². The minimum Gasteiger partial charge on any atom is -0.368 e. The fourth-order valence-corrected chi connectivity index (χ4v) is 2.97. The third-order valence-electron chi connectivity index (χ3n) is 3.01. The van der Waals surface area contributed by atoms with Gasteiger partial charge in [0, 0.05) is 44.6 Å². The molecule has 1 fully saturated rings. The van der Waals surface area contributed by atoms with Crippen molar-refractivity contribution in [1.29, 1.82) is 0 Å². The Morgan fingerprint density at radius 1 is 1.32 bits per heavy atom. The topological polar surface area (TPSA) is 92.5 Å². The van der Waals surface area contributed by atoms with Crippen LogP contribution >= 0.6 is 0 Å². The molecule has 7 nitrogen and oxygen atoms in total. The van der Waals surface area contributed by atoms with Crippen molar-refractivity contribution in [2.24, 2.45) is 0 Å². The van der Waals surface area contributed by atoms with Crippen molar-refractivity contribution >= 4 is 21.2 Å². The first-order valence-corrected chi connectivity index (χ1v) is 7.73. The number of rotatable bonds is 3. The van der Waals surface area contributed by atoms with Crippen molar-refractivity contribution in [2.75, 3.05) is 37.3 Å². The minimum atomic E-state index is -3.41. The molecule has 0 radical (unpaired) electrons. The highest BCUT2D eigenvalue weighted by atomic mass is 32.2. The number of nitrogens with zero attached hydrogens (tertiary/aromatic N) is 2. The van der Waals surface area contributed by atoms with Crippen LogP contribution in [0.5, 0.6) is 0 Å². The van der Waals surface area contributed by atoms with E-state index in [-0.39, 0.29) is 10.6 Å². The van der Waals surface area contributed by atoms with Crippen LogP contribution in [0.1, 0.15) is 0 Å². The Morgan fingerprint density at radius 2 is 1.95 bits per heavy atom. The Morgan fingerprint density at radius 3 is 2.47 bits per heavy atom. The molecule has 104 valence electrons. The molecule has 0 spiro atoms. The molecule has 1 saturated heterocycles. The zero-order valence-electron chi connectivity index (χ0n) is 10.5. The second-order valence-corrected chi connectivity index (χ2v) is 6.40. The number of piperazine rings is 1. The average molecular weight is 285 g/mol. The Balaban J connectivity index is 2.52. The largest absolute Gasteiger partial charge is 0.368 e. The smallest absolute Gasteiger partial charge is 0.271 e. The normalized spacial score (nSPS) is 16.4. The molecule has 19 heavy (non-hydrogen) atoms. The van der Waals surface area contributed by atoms with E-state index in [0.717, 1.165) is 19.3 Å². The minimum absolute atomic E-state index is 0.0964. The summed E-state index contributed by atoms with van der Waals surface area (Å²) in [5.41, 5.74) is 0.319. The van der Waals surface area contributed by atoms with Gasteiger partial charge < -0.3 is 10.2 Å². The highest BCUT2D eigenvalue weighted by molar-refractivity contribution is 7.90. The van der Waals surface area contributed by atoms with E-state index in [2.05, 4.69) is 5.32 Å². The predicted molar refractivity (Wildman–Crippen MR) is 71.3 cm³/mol. The van der Waals surface area contributed by atoms with Crippen LogP contribution in [-0.4, -0.2) is 45.8 Å². The van der Waals surface area contributed by atoms with Crippen LogP contribution < -0.4 is 10.2 Å². The SMILES string of the molecule is CS(=O)(=O)c1ccc([N+](=O)[O-])cc1N1CCNCC1. The first kappa shape index (κ1) is 13.8. The standard InChI is InChI=1S/C11H15N3O4S/c1-19(17,18)11-3-2-9(14(15)16)8-10(11)13-6-4-12-5-7-13/h2-3,8,12H,4-7H2,1H3. The third-order valence-corrected chi connectivity index (χ3v) is 4.15. The first-order valence-electron chi connectivity index (χ1n) is 5.84. The Bertz CT molecular complexity index is 594. The predicted octanol–water partition coefficient (Wildman–Crippen LogP) is 0.408. The molecule has 1 aliphatic heterocycles. The Kier molecular flexibility index (Phi) is 3.72. The van der Waals surface area contributed by atoms with Gasteiger partial charge in [0.2, 0.25) is 0 Å². The molecule has 0 amide bonds. The molecule has 1 aromatic carbocycles. The Labute approximate surface area is 111 Å². The van der Waals surface area contributed by atoms with Crippen molar-refractivity contribution in [3.05, 3.63) is 28.3 Å². The monoisotopic (exact) mass is 285 g/mol. The molecular formula is C11H15N3O4S. The number of nitro benzene ring substituents is 1. The summed E-state index contributed by atoms with van der Waals surface area (Å²) >= 11 is 0. The van der Waals surface area contributed by atoms with Crippen molar-refractivity contribution in [1.82, 2.24) is 5.32 Å². The number of hydrogen-bond acceptors (Lipinski definition) is 6. The second-order valence-electron chi connectivity index (χ2n) is 4.42. The highest BCUT2D eigenvalue weighted by Crippen LogP contribution is 2.29. The summed E-state index contributed by atoms with van der Waals surface area (Å²) in [4.78, 5) is 12.3. The lowest BCUT2D eigenvalue weighted by atomic mass is 10.2. The number of nitrogens with one attached hydrogen (secondary N) is 1. The Hall–Kier alpha value is -1.67. The molecule has 0 unspecified atom stereocenters. The number of nitro groups is 1. The lowest BCUT2D eigenvalue weighted by Gasteiger charge is -2.30. The van der Waals surface area contributed by atoms with Gasteiger partial charge in [0.05, 0.1) is 15.5 Å². The van der Waals surface area contributed by atoms with Crippen LogP contribution in [-0.2, 0) is 9.84 Å². The van der Waals surface area contributed by atoms with Crippen molar-refractivity contribution in [3.8, 4) is 0 Å². The number of anilines is 1. The summed E-state index contributed by atoms with van der Waals surface area (Å²) in [5, 5.41) is 14.0. The zero-order valence-corrected chi connectivity index (χ0v) is 11.3. The summed E-state index contributed by atoms with van der Waals surface area (Å²) in [7, 11) is -3.41. The molecule has 8 heteroatoms. The van der Waals surface area contributed by atoms with Crippen LogP contribution in [0.25, 0.3) is 0 Å². The maximum absolute atomic E-state index is 11.8. The average Bonchev–Trinajstić information content (AvgIpc) is 2.38. The van der Waals surface area contributed by atoms with Crippen molar-refractivity contribution < 1.29 is 13.3 Å². The lowest BCUT2D eigenvalue weighted by molar-refractivity contribution is -0.384. The van der Waals surface area contributed by atoms with Crippen LogP contribution in [0, 0.1) is 10.1 Å². The summed E-state index contributed by atoms with van der Waals surface area (Å²) in [6, 6.07) is 3.87. The molecule has 0 aromatic heterocycles. The molecule has 0 aliphatic carbocycles. The summed E-state index contributed by atoms with van der Waals surface area (Å²) in [5.74, 6) is 0. The number of hydrogen-bond donors (Lipinski definition) is 1. The van der Waals surface area contributed by atoms with Gasteiger partial charge in [-0.3, -0.25) is 10.1 Å². The highest BCUT2D eigenvalue weighted by Gasteiger charge is 2.22. The zero-order chi connectivity index (χ0) is 14.0. The molecule has 1 heterocycles. The van der Waals surface area contributed by atoms with Crippen LogP contribution in [0.15, 0.2) is 23.1 Å². The summed E-state index contributed by atoms with van der Waals surface area (Å²) in [6.07, 6.45) is 1.11. The van der Waals surface area contributed by atoms with E-state index >= 15 is 0 Å².